The summed E-state index contributed by atoms with van der Waals surface area (Å²) in [5, 5.41) is 21.7. The maximum absolute atomic E-state index is 11.1. The molecule has 0 aliphatic heterocycles. The lowest BCUT2D eigenvalue weighted by Crippen LogP contribution is -2.37. The number of nitrogens with one attached hydrogen (secondary N) is 1. The first-order chi connectivity index (χ1) is 9.69. The number of hydrogen-bond acceptors (Lipinski definition) is 4. The van der Waals surface area contributed by atoms with Crippen LogP contribution >= 0.6 is 0 Å². The van der Waals surface area contributed by atoms with Crippen molar-refractivity contribution in [2.24, 2.45) is 0 Å². The highest BCUT2D eigenvalue weighted by Crippen LogP contribution is 2.37. The monoisotopic (exact) mass is 271 g/mol. The molecule has 0 unspecified atom stereocenters. The van der Waals surface area contributed by atoms with Crippen molar-refractivity contribution in [2.45, 2.75) is 37.6 Å². The number of fused-ring (bicyclic) bond motifs is 1. The van der Waals surface area contributed by atoms with Crippen molar-refractivity contribution in [3.8, 4) is 0 Å². The van der Waals surface area contributed by atoms with Gasteiger partial charge >= 0.3 is 5.97 Å². The van der Waals surface area contributed by atoms with Crippen LogP contribution in [-0.2, 0) is 4.79 Å². The highest BCUT2D eigenvalue weighted by Gasteiger charge is 2.36. The molecule has 0 amide bonds. The Bertz CT molecular complexity index is 631. The number of aliphatic carboxylic acids is 1. The molecular formula is C15H17N3O2. The highest BCUT2D eigenvalue weighted by atomic mass is 16.4. The van der Waals surface area contributed by atoms with Gasteiger partial charge in [0.05, 0.1) is 23.8 Å². The summed E-state index contributed by atoms with van der Waals surface area (Å²) in [4.78, 5) is 11.1. The fourth-order valence-corrected chi connectivity index (χ4v) is 3.08. The second-order valence-corrected chi connectivity index (χ2v) is 5.46. The van der Waals surface area contributed by atoms with Crippen LogP contribution in [0.1, 0.15) is 32.1 Å². The minimum Gasteiger partial charge on any atom is -0.481 e. The molecule has 2 aromatic rings. The van der Waals surface area contributed by atoms with Gasteiger partial charge < -0.3 is 10.4 Å². The fraction of sp³-hybridized carbons (Fsp3) is 0.400. The summed E-state index contributed by atoms with van der Waals surface area (Å²) < 4.78 is 0. The Balaban J connectivity index is 1.96. The zero-order valence-corrected chi connectivity index (χ0v) is 11.2. The van der Waals surface area contributed by atoms with Crippen LogP contribution in [0.4, 0.5) is 5.69 Å². The van der Waals surface area contributed by atoms with Gasteiger partial charge in [-0.25, -0.2) is 0 Å². The first-order valence-corrected chi connectivity index (χ1v) is 6.89. The lowest BCUT2D eigenvalue weighted by molar-refractivity contribution is -0.138. The third-order valence-electron chi connectivity index (χ3n) is 4.00. The largest absolute Gasteiger partial charge is 0.481 e. The van der Waals surface area contributed by atoms with Crippen molar-refractivity contribution in [3.63, 3.8) is 0 Å². The minimum atomic E-state index is -0.759. The van der Waals surface area contributed by atoms with Crippen LogP contribution < -0.4 is 5.32 Å². The number of carboxylic acids is 1. The lowest BCUT2D eigenvalue weighted by atomic mass is 9.92. The summed E-state index contributed by atoms with van der Waals surface area (Å²) in [5.74, 6) is -0.759. The summed E-state index contributed by atoms with van der Waals surface area (Å²) in [6, 6.07) is 7.76. The maximum atomic E-state index is 11.1. The molecule has 2 N–H and O–H groups in total. The van der Waals surface area contributed by atoms with E-state index >= 15 is 0 Å². The van der Waals surface area contributed by atoms with Crippen LogP contribution in [0.2, 0.25) is 0 Å². The molecule has 1 aromatic carbocycles. The van der Waals surface area contributed by atoms with E-state index in [1.807, 2.05) is 24.3 Å². The zero-order valence-electron chi connectivity index (χ0n) is 11.2. The van der Waals surface area contributed by atoms with E-state index in [0.29, 0.717) is 0 Å². The first-order valence-electron chi connectivity index (χ1n) is 6.89. The van der Waals surface area contributed by atoms with E-state index in [0.717, 1.165) is 42.3 Å². The van der Waals surface area contributed by atoms with Crippen molar-refractivity contribution in [1.29, 1.82) is 0 Å². The highest BCUT2D eigenvalue weighted by molar-refractivity contribution is 5.90. The number of carbonyl (C=O) groups is 1. The van der Waals surface area contributed by atoms with E-state index < -0.39 is 5.97 Å². The molecule has 20 heavy (non-hydrogen) atoms. The summed E-state index contributed by atoms with van der Waals surface area (Å²) in [6.07, 6.45) is 5.73. The smallest absolute Gasteiger partial charge is 0.305 e. The maximum Gasteiger partial charge on any atom is 0.305 e. The molecule has 5 heteroatoms. The Kier molecular flexibility index (Phi) is 3.26. The molecule has 1 aromatic heterocycles. The predicted octanol–water partition coefficient (Wildman–Crippen LogP) is 2.83. The molecule has 1 aliphatic rings. The molecule has 3 rings (SSSR count). The Hall–Kier alpha value is -2.17. The van der Waals surface area contributed by atoms with Crippen molar-refractivity contribution in [1.82, 2.24) is 10.2 Å². The molecule has 0 atom stereocenters. The van der Waals surface area contributed by atoms with Gasteiger partial charge in [0.25, 0.3) is 0 Å². The number of carboxylic acid groups (broad SMARTS) is 1. The van der Waals surface area contributed by atoms with Gasteiger partial charge in [0.2, 0.25) is 0 Å². The molecule has 0 spiro atoms. The Morgan fingerprint density at radius 2 is 2.05 bits per heavy atom. The van der Waals surface area contributed by atoms with E-state index in [2.05, 4.69) is 15.5 Å². The van der Waals surface area contributed by atoms with Crippen molar-refractivity contribution in [2.75, 3.05) is 5.32 Å². The van der Waals surface area contributed by atoms with Gasteiger partial charge in [-0.05, 0) is 18.9 Å². The molecule has 1 aliphatic carbocycles. The molecule has 1 saturated carbocycles. The van der Waals surface area contributed by atoms with Crippen LogP contribution in [0.3, 0.4) is 0 Å². The van der Waals surface area contributed by atoms with Crippen LogP contribution in [0.25, 0.3) is 10.9 Å². The number of nitrogens with zero attached hydrogens (tertiary/aromatic N) is 2. The van der Waals surface area contributed by atoms with E-state index in [1.54, 1.807) is 6.20 Å². The normalized spacial score (nSPS) is 17.2. The minimum absolute atomic E-state index is 0.143. The number of hydrogen-bond donors (Lipinski definition) is 2. The van der Waals surface area contributed by atoms with Gasteiger partial charge in [-0.2, -0.15) is 10.2 Å². The number of rotatable bonds is 4. The third-order valence-corrected chi connectivity index (χ3v) is 4.00. The van der Waals surface area contributed by atoms with Crippen LogP contribution in [-0.4, -0.2) is 26.8 Å². The van der Waals surface area contributed by atoms with Gasteiger partial charge in [-0.3, -0.25) is 4.79 Å². The number of benzene rings is 1. The van der Waals surface area contributed by atoms with Crippen molar-refractivity contribution in [3.05, 3.63) is 30.5 Å². The summed E-state index contributed by atoms with van der Waals surface area (Å²) in [5.41, 5.74) is 1.34. The zero-order chi connectivity index (χ0) is 14.0. The van der Waals surface area contributed by atoms with Gasteiger partial charge in [0, 0.05) is 10.9 Å². The predicted molar refractivity (Wildman–Crippen MR) is 76.6 cm³/mol. The van der Waals surface area contributed by atoms with Gasteiger partial charge in [0.15, 0.2) is 0 Å². The fourth-order valence-electron chi connectivity index (χ4n) is 3.08. The third kappa shape index (κ3) is 2.43. The van der Waals surface area contributed by atoms with Crippen molar-refractivity contribution < 1.29 is 9.90 Å². The first kappa shape index (κ1) is 12.8. The molecule has 0 bridgehead atoms. The lowest BCUT2D eigenvalue weighted by Gasteiger charge is -2.30. The summed E-state index contributed by atoms with van der Waals surface area (Å²) >= 11 is 0. The van der Waals surface area contributed by atoms with Crippen LogP contribution in [0.5, 0.6) is 0 Å². The topological polar surface area (TPSA) is 75.1 Å². The average molecular weight is 271 g/mol. The molecule has 1 heterocycles. The summed E-state index contributed by atoms with van der Waals surface area (Å²) in [6.45, 7) is 0. The van der Waals surface area contributed by atoms with Gasteiger partial charge in [-0.15, -0.1) is 0 Å². The number of aromatic nitrogens is 2. The Labute approximate surface area is 117 Å². The van der Waals surface area contributed by atoms with E-state index in [4.69, 9.17) is 5.11 Å². The summed E-state index contributed by atoms with van der Waals surface area (Å²) in [7, 11) is 0. The average Bonchev–Trinajstić information content (AvgIpc) is 2.86. The van der Waals surface area contributed by atoms with Crippen LogP contribution in [0, 0.1) is 0 Å². The molecular weight excluding hydrogens is 254 g/mol. The van der Waals surface area contributed by atoms with Crippen LogP contribution in [0.15, 0.2) is 30.5 Å². The van der Waals surface area contributed by atoms with E-state index in [1.165, 1.54) is 0 Å². The second-order valence-electron chi connectivity index (χ2n) is 5.46. The quantitative estimate of drug-likeness (QED) is 0.894. The second kappa shape index (κ2) is 5.07. The van der Waals surface area contributed by atoms with Crippen molar-refractivity contribution >= 4 is 22.6 Å². The van der Waals surface area contributed by atoms with Gasteiger partial charge in [0.1, 0.15) is 0 Å². The Morgan fingerprint density at radius 3 is 2.80 bits per heavy atom. The molecule has 0 saturated heterocycles. The molecule has 1 fully saturated rings. The standard InChI is InChI=1S/C15H17N3O2/c19-14(20)9-15(7-3-4-8-15)17-13-10-16-18-12-6-2-1-5-11(12)13/h1-2,5-6,10H,3-4,7-9H2,(H,17,18)(H,19,20). The molecule has 104 valence electrons. The Morgan fingerprint density at radius 1 is 1.30 bits per heavy atom. The SMILES string of the molecule is O=C(O)CC1(Nc2cnnc3ccccc23)CCCC1. The number of anilines is 1. The van der Waals surface area contributed by atoms with Gasteiger partial charge in [-0.1, -0.05) is 31.0 Å². The molecule has 5 nitrogen and oxygen atoms in total. The van der Waals surface area contributed by atoms with E-state index in [9.17, 15) is 4.79 Å². The van der Waals surface area contributed by atoms with E-state index in [-0.39, 0.29) is 12.0 Å². The molecule has 0 radical (unpaired) electrons.